The van der Waals surface area contributed by atoms with Gasteiger partial charge in [-0.3, -0.25) is 9.59 Å². The summed E-state index contributed by atoms with van der Waals surface area (Å²) in [5.41, 5.74) is 4.90. The predicted molar refractivity (Wildman–Crippen MR) is 61.3 cm³/mol. The third-order valence-corrected chi connectivity index (χ3v) is 3.08. The zero-order valence-corrected chi connectivity index (χ0v) is 9.53. The quantitative estimate of drug-likeness (QED) is 0.821. The van der Waals surface area contributed by atoms with Gasteiger partial charge in [0.05, 0.1) is 5.92 Å². The highest BCUT2D eigenvalue weighted by Gasteiger charge is 2.30. The average molecular weight is 254 g/mol. The van der Waals surface area contributed by atoms with Gasteiger partial charge in [0, 0.05) is 18.7 Å². The molecule has 1 unspecified atom stereocenters. The van der Waals surface area contributed by atoms with E-state index in [1.54, 1.807) is 0 Å². The summed E-state index contributed by atoms with van der Waals surface area (Å²) in [5, 5.41) is 0. The number of aldehydes is 1. The van der Waals surface area contributed by atoms with Crippen molar-refractivity contribution in [3.63, 3.8) is 0 Å². The molecule has 1 heterocycles. The first kappa shape index (κ1) is 12.5. The van der Waals surface area contributed by atoms with Crippen molar-refractivity contribution >= 4 is 17.9 Å². The Hall–Kier alpha value is -1.98. The molecule has 0 aromatic heterocycles. The van der Waals surface area contributed by atoms with E-state index in [1.807, 2.05) is 0 Å². The fourth-order valence-electron chi connectivity index (χ4n) is 2.15. The second kappa shape index (κ2) is 4.72. The van der Waals surface area contributed by atoms with E-state index >= 15 is 0 Å². The van der Waals surface area contributed by atoms with Crippen molar-refractivity contribution in [3.05, 3.63) is 29.3 Å². The van der Waals surface area contributed by atoms with E-state index in [9.17, 15) is 18.4 Å². The van der Waals surface area contributed by atoms with Crippen molar-refractivity contribution in [3.8, 4) is 0 Å². The Kier molecular flexibility index (Phi) is 3.27. The summed E-state index contributed by atoms with van der Waals surface area (Å²) < 4.78 is 27.4. The predicted octanol–water partition coefficient (Wildman–Crippen LogP) is 1.09. The van der Waals surface area contributed by atoms with Crippen molar-refractivity contribution < 1.29 is 18.4 Å². The second-order valence-corrected chi connectivity index (χ2v) is 4.28. The lowest BCUT2D eigenvalue weighted by Gasteiger charge is -2.19. The van der Waals surface area contributed by atoms with Gasteiger partial charge in [0.15, 0.2) is 0 Å². The van der Waals surface area contributed by atoms with Crippen molar-refractivity contribution in [1.29, 1.82) is 0 Å². The van der Waals surface area contributed by atoms with Crippen LogP contribution in [0.15, 0.2) is 12.1 Å². The summed E-state index contributed by atoms with van der Waals surface area (Å²) in [6, 6.07) is 1.95. The van der Waals surface area contributed by atoms with Gasteiger partial charge in [0.1, 0.15) is 23.6 Å². The maximum absolute atomic E-state index is 13.7. The Labute approximate surface area is 102 Å². The first-order valence-corrected chi connectivity index (χ1v) is 5.51. The fraction of sp³-hybridized carbons (Fsp3) is 0.333. The highest BCUT2D eigenvalue weighted by molar-refractivity contribution is 5.79. The summed E-state index contributed by atoms with van der Waals surface area (Å²) in [4.78, 5) is 22.9. The number of rotatable bonds is 3. The molecule has 1 amide bonds. The highest BCUT2D eigenvalue weighted by Crippen LogP contribution is 2.29. The molecule has 1 aliphatic rings. The van der Waals surface area contributed by atoms with E-state index in [4.69, 9.17) is 5.73 Å². The molecule has 4 nitrogen and oxygen atoms in total. The van der Waals surface area contributed by atoms with E-state index in [-0.39, 0.29) is 17.8 Å². The summed E-state index contributed by atoms with van der Waals surface area (Å²) >= 11 is 0. The lowest BCUT2D eigenvalue weighted by Crippen LogP contribution is -2.28. The van der Waals surface area contributed by atoms with Crippen LogP contribution in [-0.2, 0) is 4.79 Å². The van der Waals surface area contributed by atoms with Crippen LogP contribution in [0.4, 0.5) is 14.5 Å². The number of carbonyl (C=O) groups excluding carboxylic acids is 2. The lowest BCUT2D eigenvalue weighted by molar-refractivity contribution is -0.121. The summed E-state index contributed by atoms with van der Waals surface area (Å²) in [6.45, 7) is 0.561. The van der Waals surface area contributed by atoms with Gasteiger partial charge in [-0.25, -0.2) is 8.78 Å². The van der Waals surface area contributed by atoms with Crippen molar-refractivity contribution in [2.24, 2.45) is 11.7 Å². The minimum absolute atomic E-state index is 0.0561. The van der Waals surface area contributed by atoms with Crippen LogP contribution < -0.4 is 10.6 Å². The maximum atomic E-state index is 13.7. The Morgan fingerprint density at radius 1 is 1.39 bits per heavy atom. The summed E-state index contributed by atoms with van der Waals surface area (Å²) in [5.74, 6) is -2.47. The van der Waals surface area contributed by atoms with Gasteiger partial charge in [-0.1, -0.05) is 0 Å². The normalized spacial score (nSPS) is 19.0. The van der Waals surface area contributed by atoms with Crippen LogP contribution in [0, 0.1) is 17.6 Å². The van der Waals surface area contributed by atoms with Gasteiger partial charge in [0.25, 0.3) is 0 Å². The van der Waals surface area contributed by atoms with Gasteiger partial charge in [-0.15, -0.1) is 0 Å². The number of anilines is 1. The summed E-state index contributed by atoms with van der Waals surface area (Å²) in [6.07, 6.45) is 0.857. The van der Waals surface area contributed by atoms with Crippen LogP contribution in [0.2, 0.25) is 0 Å². The largest absolute Gasteiger partial charge is 0.369 e. The monoisotopic (exact) mass is 254 g/mol. The fourth-order valence-corrected chi connectivity index (χ4v) is 2.15. The first-order chi connectivity index (χ1) is 8.52. The number of hydrogen-bond donors (Lipinski definition) is 1. The molecule has 1 fully saturated rings. The van der Waals surface area contributed by atoms with Crippen molar-refractivity contribution in [1.82, 2.24) is 0 Å². The molecular weight excluding hydrogens is 242 g/mol. The van der Waals surface area contributed by atoms with Crippen LogP contribution in [-0.4, -0.2) is 25.3 Å². The number of nitrogens with zero attached hydrogens (tertiary/aromatic N) is 1. The molecule has 18 heavy (non-hydrogen) atoms. The molecule has 0 aliphatic carbocycles. The van der Waals surface area contributed by atoms with Gasteiger partial charge < -0.3 is 10.6 Å². The average Bonchev–Trinajstić information content (AvgIpc) is 2.77. The number of amides is 1. The molecule has 1 aromatic carbocycles. The van der Waals surface area contributed by atoms with Gasteiger partial charge in [-0.05, 0) is 18.6 Å². The van der Waals surface area contributed by atoms with Crippen LogP contribution in [0.5, 0.6) is 0 Å². The third-order valence-electron chi connectivity index (χ3n) is 3.08. The molecule has 1 saturated heterocycles. The standard InChI is InChI=1S/C12H12F2N2O2/c13-9-3-7(6-17)4-10(14)11(9)16-2-1-8(5-16)12(15)18/h3-4,6,8H,1-2,5H2,(H2,15,18). The molecular formula is C12H12F2N2O2. The van der Waals surface area contributed by atoms with Crippen LogP contribution >= 0.6 is 0 Å². The number of hydrogen-bond acceptors (Lipinski definition) is 3. The first-order valence-electron chi connectivity index (χ1n) is 5.51. The maximum Gasteiger partial charge on any atom is 0.222 e. The number of benzene rings is 1. The van der Waals surface area contributed by atoms with E-state index < -0.39 is 23.5 Å². The Morgan fingerprint density at radius 2 is 2.00 bits per heavy atom. The zero-order chi connectivity index (χ0) is 13.3. The minimum atomic E-state index is -0.803. The van der Waals surface area contributed by atoms with Gasteiger partial charge >= 0.3 is 0 Å². The van der Waals surface area contributed by atoms with Crippen LogP contribution in [0.25, 0.3) is 0 Å². The molecule has 0 bridgehead atoms. The number of halogens is 2. The molecule has 6 heteroatoms. The van der Waals surface area contributed by atoms with E-state index in [0.717, 1.165) is 12.1 Å². The van der Waals surface area contributed by atoms with Gasteiger partial charge in [0.2, 0.25) is 5.91 Å². The van der Waals surface area contributed by atoms with Crippen molar-refractivity contribution in [2.45, 2.75) is 6.42 Å². The van der Waals surface area contributed by atoms with E-state index in [1.165, 1.54) is 4.90 Å². The van der Waals surface area contributed by atoms with Gasteiger partial charge in [-0.2, -0.15) is 0 Å². The highest BCUT2D eigenvalue weighted by atomic mass is 19.1. The topological polar surface area (TPSA) is 63.4 Å². The number of primary amides is 1. The molecule has 1 aliphatic heterocycles. The molecule has 1 aromatic rings. The number of nitrogens with two attached hydrogens (primary N) is 1. The van der Waals surface area contributed by atoms with E-state index in [2.05, 4.69) is 0 Å². The van der Waals surface area contributed by atoms with Crippen LogP contribution in [0.3, 0.4) is 0 Å². The van der Waals surface area contributed by atoms with Crippen molar-refractivity contribution in [2.75, 3.05) is 18.0 Å². The Balaban J connectivity index is 2.30. The Morgan fingerprint density at radius 3 is 2.44 bits per heavy atom. The zero-order valence-electron chi connectivity index (χ0n) is 9.53. The molecule has 0 saturated carbocycles. The van der Waals surface area contributed by atoms with E-state index in [0.29, 0.717) is 19.3 Å². The summed E-state index contributed by atoms with van der Waals surface area (Å²) in [7, 11) is 0. The molecule has 0 radical (unpaired) electrons. The third kappa shape index (κ3) is 2.18. The SMILES string of the molecule is NC(=O)C1CCN(c2c(F)cc(C=O)cc2F)C1. The molecule has 0 spiro atoms. The second-order valence-electron chi connectivity index (χ2n) is 4.28. The van der Waals surface area contributed by atoms with Crippen LogP contribution in [0.1, 0.15) is 16.8 Å². The molecule has 1 atom stereocenters. The number of carbonyl (C=O) groups is 2. The molecule has 2 N–H and O–H groups in total. The lowest BCUT2D eigenvalue weighted by atomic mass is 10.1. The molecule has 96 valence electrons. The minimum Gasteiger partial charge on any atom is -0.369 e. The molecule has 2 rings (SSSR count). The Bertz CT molecular complexity index is 482. The smallest absolute Gasteiger partial charge is 0.222 e.